The van der Waals surface area contributed by atoms with Crippen LogP contribution in [0.3, 0.4) is 0 Å². The van der Waals surface area contributed by atoms with Crippen molar-refractivity contribution in [1.82, 2.24) is 4.90 Å². The maximum atomic E-state index is 13.0. The zero-order chi connectivity index (χ0) is 16.8. The molecule has 0 spiro atoms. The lowest BCUT2D eigenvalue weighted by molar-refractivity contribution is 0.442. The molecule has 0 unspecified atom stereocenters. The minimum absolute atomic E-state index is 0.255. The second-order valence-corrected chi connectivity index (χ2v) is 5.90. The first-order valence-corrected chi connectivity index (χ1v) is 7.98. The van der Waals surface area contributed by atoms with Crippen LogP contribution in [0.4, 0.5) is 15.8 Å². The van der Waals surface area contributed by atoms with Crippen LogP contribution >= 0.6 is 12.2 Å². The number of nitrogens with one attached hydrogen (secondary N) is 1. The van der Waals surface area contributed by atoms with E-state index in [9.17, 15) is 4.39 Å². The topological polar surface area (TPSA) is 18.5 Å². The smallest absolute Gasteiger partial charge is 0.173 e. The Morgan fingerprint density at radius 3 is 2.17 bits per heavy atom. The van der Waals surface area contributed by atoms with E-state index in [1.54, 1.807) is 12.1 Å². The molecule has 0 atom stereocenters. The highest BCUT2D eigenvalue weighted by atomic mass is 32.1. The average Bonchev–Trinajstić information content (AvgIpc) is 2.55. The van der Waals surface area contributed by atoms with Gasteiger partial charge in [0.25, 0.3) is 0 Å². The Bertz CT molecular complexity index is 638. The summed E-state index contributed by atoms with van der Waals surface area (Å²) in [6, 6.07) is 14.6. The van der Waals surface area contributed by atoms with Gasteiger partial charge in [0.15, 0.2) is 5.11 Å². The lowest BCUT2D eigenvalue weighted by atomic mass is 10.2. The van der Waals surface area contributed by atoms with Gasteiger partial charge in [0.1, 0.15) is 5.82 Å². The fourth-order valence-electron chi connectivity index (χ4n) is 2.18. The van der Waals surface area contributed by atoms with Crippen molar-refractivity contribution in [3.05, 3.63) is 59.9 Å². The standard InChI is InChI=1S/C18H22FN3S/c1-4-22(13-14-5-11-17(12-6-14)21(2)3)18(23)20-16-9-7-15(19)8-10-16/h5-12H,4,13H2,1-3H3,(H,20,23). The molecule has 122 valence electrons. The minimum atomic E-state index is -0.255. The number of rotatable bonds is 5. The van der Waals surface area contributed by atoms with Gasteiger partial charge in [-0.15, -0.1) is 0 Å². The van der Waals surface area contributed by atoms with E-state index < -0.39 is 0 Å². The van der Waals surface area contributed by atoms with Gasteiger partial charge in [-0.3, -0.25) is 0 Å². The Hall–Kier alpha value is -2.14. The molecule has 0 aliphatic carbocycles. The minimum Gasteiger partial charge on any atom is -0.378 e. The van der Waals surface area contributed by atoms with Gasteiger partial charge >= 0.3 is 0 Å². The summed E-state index contributed by atoms with van der Waals surface area (Å²) < 4.78 is 13.0. The highest BCUT2D eigenvalue weighted by Crippen LogP contribution is 2.15. The van der Waals surface area contributed by atoms with E-state index in [2.05, 4.69) is 46.3 Å². The predicted molar refractivity (Wildman–Crippen MR) is 99.5 cm³/mol. The molecule has 0 radical (unpaired) electrons. The lowest BCUT2D eigenvalue weighted by Crippen LogP contribution is -2.34. The third-order valence-corrected chi connectivity index (χ3v) is 3.95. The molecule has 1 N–H and O–H groups in total. The van der Waals surface area contributed by atoms with Crippen molar-refractivity contribution in [2.45, 2.75) is 13.5 Å². The molecular weight excluding hydrogens is 309 g/mol. The van der Waals surface area contributed by atoms with Crippen LogP contribution in [0, 0.1) is 5.82 Å². The Labute approximate surface area is 142 Å². The van der Waals surface area contributed by atoms with Gasteiger partial charge in [-0.05, 0) is 61.1 Å². The van der Waals surface area contributed by atoms with Crippen molar-refractivity contribution in [3.63, 3.8) is 0 Å². The number of hydrogen-bond acceptors (Lipinski definition) is 2. The Kier molecular flexibility index (Phi) is 5.93. The van der Waals surface area contributed by atoms with Gasteiger partial charge in [-0.1, -0.05) is 12.1 Å². The Morgan fingerprint density at radius 1 is 1.04 bits per heavy atom. The molecule has 3 nitrogen and oxygen atoms in total. The zero-order valence-corrected chi connectivity index (χ0v) is 14.5. The third-order valence-electron chi connectivity index (χ3n) is 3.59. The number of benzene rings is 2. The molecule has 0 bridgehead atoms. The largest absolute Gasteiger partial charge is 0.378 e. The van der Waals surface area contributed by atoms with E-state index in [0.29, 0.717) is 5.11 Å². The molecule has 0 amide bonds. The summed E-state index contributed by atoms with van der Waals surface area (Å²) in [5, 5.41) is 3.79. The lowest BCUT2D eigenvalue weighted by Gasteiger charge is -2.25. The molecule has 2 aromatic carbocycles. The van der Waals surface area contributed by atoms with Crippen LogP contribution < -0.4 is 10.2 Å². The molecule has 0 fully saturated rings. The fraction of sp³-hybridized carbons (Fsp3) is 0.278. The van der Waals surface area contributed by atoms with E-state index in [-0.39, 0.29) is 5.82 Å². The van der Waals surface area contributed by atoms with Gasteiger partial charge in [-0.25, -0.2) is 4.39 Å². The highest BCUT2D eigenvalue weighted by Gasteiger charge is 2.09. The molecule has 0 heterocycles. The van der Waals surface area contributed by atoms with E-state index in [1.807, 2.05) is 14.1 Å². The summed E-state index contributed by atoms with van der Waals surface area (Å²) in [6.07, 6.45) is 0. The summed E-state index contributed by atoms with van der Waals surface area (Å²) in [6.45, 7) is 3.59. The normalized spacial score (nSPS) is 10.3. The summed E-state index contributed by atoms with van der Waals surface area (Å²) >= 11 is 5.47. The molecule has 0 saturated carbocycles. The summed E-state index contributed by atoms with van der Waals surface area (Å²) in [4.78, 5) is 4.14. The molecule has 5 heteroatoms. The van der Waals surface area contributed by atoms with Crippen LogP contribution in [0.15, 0.2) is 48.5 Å². The van der Waals surface area contributed by atoms with Crippen molar-refractivity contribution >= 4 is 28.7 Å². The molecule has 0 aromatic heterocycles. The first-order valence-electron chi connectivity index (χ1n) is 7.57. The van der Waals surface area contributed by atoms with E-state index in [4.69, 9.17) is 12.2 Å². The van der Waals surface area contributed by atoms with Gasteiger partial charge < -0.3 is 15.1 Å². The molecular formula is C18H22FN3S. The van der Waals surface area contributed by atoms with Crippen molar-refractivity contribution in [2.75, 3.05) is 30.9 Å². The summed E-state index contributed by atoms with van der Waals surface area (Å²) in [5.74, 6) is -0.255. The maximum Gasteiger partial charge on any atom is 0.173 e. The fourth-order valence-corrected chi connectivity index (χ4v) is 2.49. The van der Waals surface area contributed by atoms with E-state index in [0.717, 1.165) is 18.8 Å². The van der Waals surface area contributed by atoms with Crippen LogP contribution in [0.5, 0.6) is 0 Å². The Morgan fingerprint density at radius 2 is 1.65 bits per heavy atom. The van der Waals surface area contributed by atoms with Crippen molar-refractivity contribution in [1.29, 1.82) is 0 Å². The summed E-state index contributed by atoms with van der Waals surface area (Å²) in [7, 11) is 4.05. The molecule has 0 saturated heterocycles. The first-order chi connectivity index (χ1) is 11.0. The molecule has 2 aromatic rings. The first kappa shape index (κ1) is 17.2. The van der Waals surface area contributed by atoms with Crippen LogP contribution in [0.25, 0.3) is 0 Å². The van der Waals surface area contributed by atoms with Gasteiger partial charge in [0, 0.05) is 38.6 Å². The number of hydrogen-bond donors (Lipinski definition) is 1. The second kappa shape index (κ2) is 7.92. The van der Waals surface area contributed by atoms with Crippen molar-refractivity contribution < 1.29 is 4.39 Å². The SMILES string of the molecule is CCN(Cc1ccc(N(C)C)cc1)C(=S)Nc1ccc(F)cc1. The van der Waals surface area contributed by atoms with E-state index in [1.165, 1.54) is 23.4 Å². The highest BCUT2D eigenvalue weighted by molar-refractivity contribution is 7.80. The monoisotopic (exact) mass is 331 g/mol. The third kappa shape index (κ3) is 4.93. The van der Waals surface area contributed by atoms with Crippen LogP contribution in [0.1, 0.15) is 12.5 Å². The van der Waals surface area contributed by atoms with Crippen LogP contribution in [-0.2, 0) is 6.54 Å². The number of thiocarbonyl (C=S) groups is 1. The molecule has 0 aliphatic rings. The van der Waals surface area contributed by atoms with Gasteiger partial charge in [0.2, 0.25) is 0 Å². The van der Waals surface area contributed by atoms with Gasteiger partial charge in [-0.2, -0.15) is 0 Å². The zero-order valence-electron chi connectivity index (χ0n) is 13.7. The average molecular weight is 331 g/mol. The van der Waals surface area contributed by atoms with E-state index >= 15 is 0 Å². The number of anilines is 2. The summed E-state index contributed by atoms with van der Waals surface area (Å²) in [5.41, 5.74) is 3.15. The Balaban J connectivity index is 2.00. The van der Waals surface area contributed by atoms with Crippen molar-refractivity contribution in [2.24, 2.45) is 0 Å². The molecule has 0 aliphatic heterocycles. The maximum absolute atomic E-state index is 13.0. The second-order valence-electron chi connectivity index (χ2n) is 5.51. The predicted octanol–water partition coefficient (Wildman–Crippen LogP) is 4.11. The van der Waals surface area contributed by atoms with Crippen LogP contribution in [0.2, 0.25) is 0 Å². The van der Waals surface area contributed by atoms with Crippen molar-refractivity contribution in [3.8, 4) is 0 Å². The molecule has 23 heavy (non-hydrogen) atoms. The van der Waals surface area contributed by atoms with Gasteiger partial charge in [0.05, 0.1) is 0 Å². The van der Waals surface area contributed by atoms with Crippen LogP contribution in [-0.4, -0.2) is 30.7 Å². The number of halogens is 1. The number of nitrogens with zero attached hydrogens (tertiary/aromatic N) is 2. The molecule has 2 rings (SSSR count). The quantitative estimate of drug-likeness (QED) is 0.831.